The Hall–Kier alpha value is -0.940. The van der Waals surface area contributed by atoms with Crippen LogP contribution in [0.1, 0.15) is 18.9 Å². The molecule has 4 heteroatoms. The number of benzene rings is 1. The Morgan fingerprint density at radius 1 is 1.19 bits per heavy atom. The van der Waals surface area contributed by atoms with Gasteiger partial charge >= 0.3 is 0 Å². The van der Waals surface area contributed by atoms with E-state index < -0.39 is 0 Å². The molecule has 2 aromatic rings. The van der Waals surface area contributed by atoms with Crippen molar-refractivity contribution in [3.63, 3.8) is 0 Å². The lowest BCUT2D eigenvalue weighted by atomic mass is 10.0. The molecular formula is C17H25NO2S. The van der Waals surface area contributed by atoms with Gasteiger partial charge in [-0.1, -0.05) is 25.1 Å². The molecule has 0 aliphatic rings. The van der Waals surface area contributed by atoms with Crippen molar-refractivity contribution in [1.82, 2.24) is 5.32 Å². The summed E-state index contributed by atoms with van der Waals surface area (Å²) in [5.41, 5.74) is 1.44. The molecule has 21 heavy (non-hydrogen) atoms. The zero-order valence-corrected chi connectivity index (χ0v) is 13.7. The van der Waals surface area contributed by atoms with Crippen LogP contribution >= 0.6 is 11.3 Å². The second-order valence-corrected chi connectivity index (χ2v) is 6.02. The molecule has 0 saturated heterocycles. The van der Waals surface area contributed by atoms with Crippen molar-refractivity contribution in [3.05, 3.63) is 35.2 Å². The third-order valence-corrected chi connectivity index (χ3v) is 4.58. The van der Waals surface area contributed by atoms with Crippen molar-refractivity contribution < 1.29 is 9.47 Å². The van der Waals surface area contributed by atoms with Crippen LogP contribution in [-0.2, 0) is 15.9 Å². The van der Waals surface area contributed by atoms with Gasteiger partial charge in [-0.25, -0.2) is 0 Å². The summed E-state index contributed by atoms with van der Waals surface area (Å²) in [5.74, 6) is 0. The van der Waals surface area contributed by atoms with E-state index in [0.717, 1.165) is 26.0 Å². The van der Waals surface area contributed by atoms with Crippen LogP contribution in [0.4, 0.5) is 0 Å². The predicted octanol–water partition coefficient (Wildman–Crippen LogP) is 3.48. The molecule has 1 heterocycles. The highest BCUT2D eigenvalue weighted by Crippen LogP contribution is 2.26. The Morgan fingerprint density at radius 3 is 2.86 bits per heavy atom. The molecule has 1 N–H and O–H groups in total. The van der Waals surface area contributed by atoms with Crippen molar-refractivity contribution in [1.29, 1.82) is 0 Å². The molecule has 0 radical (unpaired) electrons. The van der Waals surface area contributed by atoms with Crippen LogP contribution in [0.15, 0.2) is 29.6 Å². The average Bonchev–Trinajstić information content (AvgIpc) is 2.90. The quantitative estimate of drug-likeness (QED) is 0.682. The van der Waals surface area contributed by atoms with E-state index in [-0.39, 0.29) is 0 Å². The van der Waals surface area contributed by atoms with Gasteiger partial charge in [-0.05, 0) is 41.8 Å². The Balaban J connectivity index is 1.89. The van der Waals surface area contributed by atoms with E-state index in [1.807, 2.05) is 11.3 Å². The van der Waals surface area contributed by atoms with Crippen LogP contribution in [0, 0.1) is 0 Å². The Kier molecular flexibility index (Phi) is 7.16. The van der Waals surface area contributed by atoms with E-state index in [0.29, 0.717) is 19.3 Å². The summed E-state index contributed by atoms with van der Waals surface area (Å²) in [6.45, 7) is 5.27. The third-order valence-electron chi connectivity index (χ3n) is 3.56. The summed E-state index contributed by atoms with van der Waals surface area (Å²) in [6, 6.07) is 9.11. The smallest absolute Gasteiger partial charge is 0.0700 e. The van der Waals surface area contributed by atoms with Crippen molar-refractivity contribution in [2.45, 2.75) is 25.8 Å². The highest BCUT2D eigenvalue weighted by molar-refractivity contribution is 7.17. The number of hydrogen-bond donors (Lipinski definition) is 1. The second kappa shape index (κ2) is 9.15. The molecule has 0 spiro atoms. The first-order valence-corrected chi connectivity index (χ1v) is 8.48. The Bertz CT molecular complexity index is 526. The lowest BCUT2D eigenvalue weighted by Gasteiger charge is -2.17. The van der Waals surface area contributed by atoms with Crippen LogP contribution in [-0.4, -0.2) is 39.5 Å². The van der Waals surface area contributed by atoms with Gasteiger partial charge in [0.05, 0.1) is 13.2 Å². The van der Waals surface area contributed by atoms with Gasteiger partial charge in [-0.3, -0.25) is 0 Å². The fourth-order valence-electron chi connectivity index (χ4n) is 2.49. The number of ether oxygens (including phenoxy) is 2. The van der Waals surface area contributed by atoms with E-state index in [1.54, 1.807) is 7.11 Å². The first kappa shape index (κ1) is 16.4. The van der Waals surface area contributed by atoms with E-state index in [9.17, 15) is 0 Å². The Morgan fingerprint density at radius 2 is 2.05 bits per heavy atom. The Labute approximate surface area is 131 Å². The zero-order valence-electron chi connectivity index (χ0n) is 12.9. The minimum atomic E-state index is 0.468. The highest BCUT2D eigenvalue weighted by atomic mass is 32.1. The maximum absolute atomic E-state index is 5.60. The van der Waals surface area contributed by atoms with E-state index >= 15 is 0 Å². The van der Waals surface area contributed by atoms with Gasteiger partial charge in [0.25, 0.3) is 0 Å². The summed E-state index contributed by atoms with van der Waals surface area (Å²) in [4.78, 5) is 0. The maximum atomic E-state index is 5.60. The molecular weight excluding hydrogens is 282 g/mol. The summed E-state index contributed by atoms with van der Waals surface area (Å²) < 4.78 is 12.0. The first-order valence-electron chi connectivity index (χ1n) is 7.60. The zero-order chi connectivity index (χ0) is 14.9. The first-order chi connectivity index (χ1) is 10.3. The largest absolute Gasteiger partial charge is 0.382 e. The SMILES string of the molecule is CCNC(CCOCCOC)Cc1csc2ccccc12. The van der Waals surface area contributed by atoms with E-state index in [4.69, 9.17) is 9.47 Å². The molecule has 116 valence electrons. The monoisotopic (exact) mass is 307 g/mol. The molecule has 3 nitrogen and oxygen atoms in total. The van der Waals surface area contributed by atoms with Gasteiger partial charge in [-0.2, -0.15) is 0 Å². The molecule has 0 fully saturated rings. The predicted molar refractivity (Wildman–Crippen MR) is 90.3 cm³/mol. The molecule has 2 rings (SSSR count). The van der Waals surface area contributed by atoms with Crippen molar-refractivity contribution in [2.24, 2.45) is 0 Å². The van der Waals surface area contributed by atoms with Gasteiger partial charge in [0, 0.05) is 24.5 Å². The van der Waals surface area contributed by atoms with Gasteiger partial charge in [0.15, 0.2) is 0 Å². The van der Waals surface area contributed by atoms with Crippen LogP contribution < -0.4 is 5.32 Å². The van der Waals surface area contributed by atoms with E-state index in [2.05, 4.69) is 41.9 Å². The van der Waals surface area contributed by atoms with Gasteiger partial charge < -0.3 is 14.8 Å². The highest BCUT2D eigenvalue weighted by Gasteiger charge is 2.11. The summed E-state index contributed by atoms with van der Waals surface area (Å²) in [7, 11) is 1.70. The average molecular weight is 307 g/mol. The molecule has 1 unspecified atom stereocenters. The van der Waals surface area contributed by atoms with Crippen molar-refractivity contribution in [3.8, 4) is 0 Å². The summed E-state index contributed by atoms with van der Waals surface area (Å²) in [6.07, 6.45) is 2.09. The van der Waals surface area contributed by atoms with Gasteiger partial charge in [-0.15, -0.1) is 11.3 Å². The lowest BCUT2D eigenvalue weighted by molar-refractivity contribution is 0.0659. The minimum absolute atomic E-state index is 0.468. The third kappa shape index (κ3) is 5.08. The van der Waals surface area contributed by atoms with Crippen LogP contribution in [0.2, 0.25) is 0 Å². The van der Waals surface area contributed by atoms with Crippen molar-refractivity contribution in [2.75, 3.05) is 33.5 Å². The minimum Gasteiger partial charge on any atom is -0.382 e. The number of rotatable bonds is 10. The number of methoxy groups -OCH3 is 1. The van der Waals surface area contributed by atoms with Crippen LogP contribution in [0.3, 0.4) is 0 Å². The summed E-state index contributed by atoms with van der Waals surface area (Å²) >= 11 is 1.83. The second-order valence-electron chi connectivity index (χ2n) is 5.11. The fraction of sp³-hybridized carbons (Fsp3) is 0.529. The molecule has 1 aromatic heterocycles. The molecule has 0 saturated carbocycles. The topological polar surface area (TPSA) is 30.5 Å². The fourth-order valence-corrected chi connectivity index (χ4v) is 3.47. The molecule has 0 aliphatic carbocycles. The lowest BCUT2D eigenvalue weighted by Crippen LogP contribution is -2.32. The van der Waals surface area contributed by atoms with Crippen LogP contribution in [0.25, 0.3) is 10.1 Å². The molecule has 0 bridgehead atoms. The van der Waals surface area contributed by atoms with Gasteiger partial charge in [0.1, 0.15) is 0 Å². The molecule has 1 atom stereocenters. The molecule has 0 amide bonds. The normalized spacial score (nSPS) is 12.9. The number of thiophene rings is 1. The number of fused-ring (bicyclic) bond motifs is 1. The van der Waals surface area contributed by atoms with Crippen molar-refractivity contribution >= 4 is 21.4 Å². The molecule has 0 aliphatic heterocycles. The summed E-state index contributed by atoms with van der Waals surface area (Å²) in [5, 5.41) is 7.26. The molecule has 1 aromatic carbocycles. The van der Waals surface area contributed by atoms with Gasteiger partial charge in [0.2, 0.25) is 0 Å². The number of likely N-dealkylation sites (N-methyl/N-ethyl adjacent to an activating group) is 1. The standard InChI is InChI=1S/C17H25NO2S/c1-3-18-15(8-9-20-11-10-19-2)12-14-13-21-17-7-5-4-6-16(14)17/h4-7,13,15,18H,3,8-12H2,1-2H3. The van der Waals surface area contributed by atoms with Crippen LogP contribution in [0.5, 0.6) is 0 Å². The van der Waals surface area contributed by atoms with E-state index in [1.165, 1.54) is 15.6 Å². The number of nitrogens with one attached hydrogen (secondary N) is 1. The maximum Gasteiger partial charge on any atom is 0.0700 e. The number of hydrogen-bond acceptors (Lipinski definition) is 4.